The lowest BCUT2D eigenvalue weighted by Gasteiger charge is -2.24. The molecule has 0 heterocycles. The number of phosphoric ester groups is 1. The second kappa shape index (κ2) is 19.9. The van der Waals surface area contributed by atoms with Gasteiger partial charge in [0.25, 0.3) is 0 Å². The van der Waals surface area contributed by atoms with Gasteiger partial charge in [0.15, 0.2) is 0 Å². The third kappa shape index (κ3) is 20.0. The fourth-order valence-electron chi connectivity index (χ4n) is 3.72. The largest absolute Gasteiger partial charge is 0.494 e. The zero-order valence-corrected chi connectivity index (χ0v) is 24.4. The predicted molar refractivity (Wildman–Crippen MR) is 150 cm³/mol. The van der Waals surface area contributed by atoms with Gasteiger partial charge in [-0.15, -0.1) is 0 Å². The number of nitrogens with zero attached hydrogens (tertiary/aromatic N) is 1. The molecule has 0 saturated carbocycles. The topological polar surface area (TPSA) is 65.0 Å². The molecule has 1 aromatic rings. The number of hydrogen-bond acceptors (Lipinski definition) is 4. The first-order valence-electron chi connectivity index (χ1n) is 14.0. The summed E-state index contributed by atoms with van der Waals surface area (Å²) in [6, 6.07) is 7.84. The molecule has 6 nitrogen and oxygen atoms in total. The second-order valence-corrected chi connectivity index (χ2v) is 12.1. The van der Waals surface area contributed by atoms with Crippen LogP contribution in [0.3, 0.4) is 0 Å². The number of quaternary nitrogens is 1. The SMILES string of the molecule is CCCCCC/C=C\CCCCCCCCOc1cccc(CCOP(=O)(O)OCC[N+](C)(C)C)c1. The van der Waals surface area contributed by atoms with Crippen molar-refractivity contribution in [1.29, 1.82) is 0 Å². The van der Waals surface area contributed by atoms with Crippen LogP contribution in [0, 0.1) is 0 Å². The van der Waals surface area contributed by atoms with Crippen LogP contribution in [0.25, 0.3) is 0 Å². The number of phosphoric acid groups is 1. The lowest BCUT2D eigenvalue weighted by atomic mass is 10.1. The highest BCUT2D eigenvalue weighted by atomic mass is 31.2. The Kier molecular flexibility index (Phi) is 18.1. The predicted octanol–water partition coefficient (Wildman–Crippen LogP) is 7.71. The van der Waals surface area contributed by atoms with Crippen molar-refractivity contribution < 1.29 is 27.7 Å². The maximum atomic E-state index is 12.0. The Bertz CT molecular complexity index is 747. The van der Waals surface area contributed by atoms with Crippen LogP contribution < -0.4 is 4.74 Å². The Balaban J connectivity index is 2.07. The third-order valence-electron chi connectivity index (χ3n) is 5.99. The summed E-state index contributed by atoms with van der Waals surface area (Å²) in [4.78, 5) is 9.82. The summed E-state index contributed by atoms with van der Waals surface area (Å²) in [6.07, 6.45) is 20.5. The highest BCUT2D eigenvalue weighted by Gasteiger charge is 2.22. The van der Waals surface area contributed by atoms with Gasteiger partial charge in [-0.1, -0.05) is 76.2 Å². The van der Waals surface area contributed by atoms with Crippen LogP contribution >= 0.6 is 7.82 Å². The van der Waals surface area contributed by atoms with Crippen LogP contribution in [-0.4, -0.2) is 56.9 Å². The van der Waals surface area contributed by atoms with Crippen molar-refractivity contribution in [3.63, 3.8) is 0 Å². The van der Waals surface area contributed by atoms with Crippen LogP contribution in [0.15, 0.2) is 36.4 Å². The average molecular weight is 527 g/mol. The molecule has 0 aromatic heterocycles. The van der Waals surface area contributed by atoms with E-state index in [0.717, 1.165) is 17.7 Å². The van der Waals surface area contributed by atoms with Gasteiger partial charge in [-0.25, -0.2) is 4.57 Å². The van der Waals surface area contributed by atoms with Crippen molar-refractivity contribution in [2.45, 2.75) is 90.4 Å². The zero-order valence-electron chi connectivity index (χ0n) is 23.5. The van der Waals surface area contributed by atoms with E-state index in [-0.39, 0.29) is 13.2 Å². The normalized spacial score (nSPS) is 13.8. The van der Waals surface area contributed by atoms with E-state index < -0.39 is 7.82 Å². The van der Waals surface area contributed by atoms with E-state index >= 15 is 0 Å². The first-order chi connectivity index (χ1) is 17.2. The molecular formula is C29H53NO5P+. The van der Waals surface area contributed by atoms with E-state index in [0.29, 0.717) is 24.1 Å². The molecule has 0 saturated heterocycles. The van der Waals surface area contributed by atoms with E-state index in [9.17, 15) is 9.46 Å². The number of ether oxygens (including phenoxy) is 1. The van der Waals surface area contributed by atoms with E-state index in [2.05, 4.69) is 19.1 Å². The molecule has 0 aliphatic heterocycles. The third-order valence-corrected chi connectivity index (χ3v) is 7.00. The minimum Gasteiger partial charge on any atom is -0.494 e. The monoisotopic (exact) mass is 526 g/mol. The zero-order chi connectivity index (χ0) is 26.5. The first kappa shape index (κ1) is 32.9. The van der Waals surface area contributed by atoms with Crippen molar-refractivity contribution in [3.05, 3.63) is 42.0 Å². The highest BCUT2D eigenvalue weighted by molar-refractivity contribution is 7.47. The molecule has 0 fully saturated rings. The quantitative estimate of drug-likeness (QED) is 0.0685. The Hall–Kier alpha value is -1.17. The van der Waals surface area contributed by atoms with Crippen LogP contribution in [0.1, 0.15) is 89.5 Å². The first-order valence-corrected chi connectivity index (χ1v) is 15.5. The van der Waals surface area contributed by atoms with Crippen molar-refractivity contribution in [3.8, 4) is 5.75 Å². The van der Waals surface area contributed by atoms with Crippen molar-refractivity contribution >= 4 is 7.82 Å². The maximum absolute atomic E-state index is 12.0. The Morgan fingerprint density at radius 3 is 2.11 bits per heavy atom. The van der Waals surface area contributed by atoms with E-state index in [4.69, 9.17) is 13.8 Å². The van der Waals surface area contributed by atoms with Gasteiger partial charge in [0.05, 0.1) is 34.4 Å². The fraction of sp³-hybridized carbons (Fsp3) is 0.724. The molecule has 36 heavy (non-hydrogen) atoms. The molecule has 0 amide bonds. The molecule has 208 valence electrons. The van der Waals surface area contributed by atoms with E-state index in [1.165, 1.54) is 70.6 Å². The Labute approximate surface area is 221 Å². The molecule has 1 rings (SSSR count). The highest BCUT2D eigenvalue weighted by Crippen LogP contribution is 2.43. The minimum atomic E-state index is -4.02. The van der Waals surface area contributed by atoms with Gasteiger partial charge in [0, 0.05) is 0 Å². The van der Waals surface area contributed by atoms with Gasteiger partial charge in [-0.3, -0.25) is 9.05 Å². The number of rotatable bonds is 23. The molecule has 0 aliphatic rings. The number of allylic oxidation sites excluding steroid dienone is 2. The summed E-state index contributed by atoms with van der Waals surface area (Å²) in [7, 11) is 1.98. The molecule has 7 heteroatoms. The summed E-state index contributed by atoms with van der Waals surface area (Å²) in [5.41, 5.74) is 1.01. The van der Waals surface area contributed by atoms with Crippen LogP contribution in [-0.2, 0) is 20.0 Å². The van der Waals surface area contributed by atoms with Gasteiger partial charge in [-0.2, -0.15) is 0 Å². The summed E-state index contributed by atoms with van der Waals surface area (Å²) < 4.78 is 28.7. The molecule has 1 aromatic carbocycles. The van der Waals surface area contributed by atoms with Gasteiger partial charge >= 0.3 is 7.82 Å². The van der Waals surface area contributed by atoms with Crippen LogP contribution in [0.5, 0.6) is 5.75 Å². The molecule has 0 radical (unpaired) electrons. The van der Waals surface area contributed by atoms with Gasteiger partial charge < -0.3 is 14.1 Å². The van der Waals surface area contributed by atoms with Crippen molar-refractivity contribution in [2.75, 3.05) is 47.5 Å². The fourth-order valence-corrected chi connectivity index (χ4v) is 4.43. The lowest BCUT2D eigenvalue weighted by molar-refractivity contribution is -0.870. The lowest BCUT2D eigenvalue weighted by Crippen LogP contribution is -2.37. The molecule has 0 bridgehead atoms. The molecule has 0 spiro atoms. The van der Waals surface area contributed by atoms with Gasteiger partial charge in [-0.05, 0) is 56.2 Å². The maximum Gasteiger partial charge on any atom is 0.472 e. The van der Waals surface area contributed by atoms with Crippen molar-refractivity contribution in [2.24, 2.45) is 0 Å². The number of unbranched alkanes of at least 4 members (excludes halogenated alkanes) is 10. The average Bonchev–Trinajstić information content (AvgIpc) is 2.81. The summed E-state index contributed by atoms with van der Waals surface area (Å²) in [5.74, 6) is 0.834. The molecule has 1 atom stereocenters. The second-order valence-electron chi connectivity index (χ2n) is 10.6. The molecule has 1 N–H and O–H groups in total. The molecular weight excluding hydrogens is 473 g/mol. The van der Waals surface area contributed by atoms with Gasteiger partial charge in [0.1, 0.15) is 18.9 Å². The standard InChI is InChI=1S/C29H52NO5P/c1-5-6-7-8-9-10-11-12-13-14-15-16-17-18-24-33-29-21-19-20-28(27-29)22-25-34-36(31,32)35-26-23-30(2,3)4/h10-11,19-21,27H,5-9,12-18,22-26H2,1-4H3/p+1/b11-10-. The van der Waals surface area contributed by atoms with Crippen molar-refractivity contribution in [1.82, 2.24) is 0 Å². The summed E-state index contributed by atoms with van der Waals surface area (Å²) in [6.45, 7) is 3.90. The van der Waals surface area contributed by atoms with E-state index in [1.807, 2.05) is 45.4 Å². The Morgan fingerprint density at radius 1 is 0.833 bits per heavy atom. The van der Waals surface area contributed by atoms with E-state index in [1.54, 1.807) is 0 Å². The minimum absolute atomic E-state index is 0.121. The number of hydrogen-bond donors (Lipinski definition) is 1. The van der Waals surface area contributed by atoms with Crippen LogP contribution in [0.4, 0.5) is 0 Å². The molecule has 1 unspecified atom stereocenters. The van der Waals surface area contributed by atoms with Gasteiger partial charge in [0.2, 0.25) is 0 Å². The molecule has 0 aliphatic carbocycles. The smallest absolute Gasteiger partial charge is 0.472 e. The number of likely N-dealkylation sites (N-methyl/N-ethyl adjacent to an activating group) is 1. The van der Waals surface area contributed by atoms with Crippen LogP contribution in [0.2, 0.25) is 0 Å². The Morgan fingerprint density at radius 2 is 1.44 bits per heavy atom. The summed E-state index contributed by atoms with van der Waals surface area (Å²) >= 11 is 0. The number of benzene rings is 1. The summed E-state index contributed by atoms with van der Waals surface area (Å²) in [5, 5.41) is 0.